The van der Waals surface area contributed by atoms with Crippen LogP contribution in [0.1, 0.15) is 59.8 Å². The third kappa shape index (κ3) is 8.51. The van der Waals surface area contributed by atoms with Crippen LogP contribution >= 0.6 is 11.8 Å². The summed E-state index contributed by atoms with van der Waals surface area (Å²) in [5.74, 6) is -0.905. The van der Waals surface area contributed by atoms with Gasteiger partial charge in [0, 0.05) is 36.4 Å². The van der Waals surface area contributed by atoms with Crippen LogP contribution in [0.5, 0.6) is 0 Å². The Kier molecular flexibility index (Phi) is 11.0. The second kappa shape index (κ2) is 13.3. The Hall–Kier alpha value is -2.10. The van der Waals surface area contributed by atoms with E-state index in [0.717, 1.165) is 23.4 Å². The van der Waals surface area contributed by atoms with Crippen LogP contribution in [0.2, 0.25) is 0 Å². The number of unbranched alkanes of at least 4 members (excludes halogenated alkanes) is 1. The highest BCUT2D eigenvalue weighted by Crippen LogP contribution is 2.40. The second-order valence-corrected chi connectivity index (χ2v) is 11.4. The summed E-state index contributed by atoms with van der Waals surface area (Å²) in [5.41, 5.74) is 6.60. The number of aliphatic hydroxyl groups is 1. The number of carbonyl (C=O) groups is 3. The molecule has 0 saturated heterocycles. The Morgan fingerprint density at radius 1 is 1.31 bits per heavy atom. The molecule has 0 radical (unpaired) electrons. The maximum absolute atomic E-state index is 13.4. The molecular formula is C26H41N3O5S. The molecule has 2 rings (SSSR count). The molecule has 2 amide bonds. The average Bonchev–Trinajstić information content (AvgIpc) is 2.81. The Morgan fingerprint density at radius 2 is 2.00 bits per heavy atom. The predicted octanol–water partition coefficient (Wildman–Crippen LogP) is 3.10. The molecule has 0 aliphatic carbocycles. The van der Waals surface area contributed by atoms with Crippen molar-refractivity contribution < 1.29 is 24.2 Å². The minimum atomic E-state index is -0.855. The number of carbonyl (C=O) groups excluding carboxylic acids is 3. The number of methoxy groups -OCH3 is 1. The maximum atomic E-state index is 13.4. The number of benzene rings is 1. The molecule has 1 aromatic carbocycles. The van der Waals surface area contributed by atoms with Gasteiger partial charge in [-0.15, -0.1) is 11.8 Å². The van der Waals surface area contributed by atoms with Gasteiger partial charge in [-0.1, -0.05) is 46.2 Å². The van der Waals surface area contributed by atoms with Crippen LogP contribution in [0.15, 0.2) is 29.2 Å². The van der Waals surface area contributed by atoms with E-state index in [9.17, 15) is 19.5 Å². The van der Waals surface area contributed by atoms with Gasteiger partial charge in [0.15, 0.2) is 0 Å². The number of hydrogen-bond donors (Lipinski definition) is 3. The van der Waals surface area contributed by atoms with Gasteiger partial charge in [-0.3, -0.25) is 14.4 Å². The number of anilines is 1. The molecule has 0 aromatic heterocycles. The van der Waals surface area contributed by atoms with Crippen LogP contribution in [0.25, 0.3) is 0 Å². The molecule has 0 bridgehead atoms. The minimum Gasteiger partial charge on any atom is -0.468 e. The molecule has 9 heteroatoms. The van der Waals surface area contributed by atoms with E-state index < -0.39 is 22.8 Å². The van der Waals surface area contributed by atoms with Gasteiger partial charge in [0.2, 0.25) is 11.8 Å². The van der Waals surface area contributed by atoms with Gasteiger partial charge in [0.25, 0.3) is 0 Å². The number of para-hydroxylation sites is 1. The summed E-state index contributed by atoms with van der Waals surface area (Å²) in [4.78, 5) is 40.3. The number of amides is 2. The minimum absolute atomic E-state index is 0.0825. The lowest BCUT2D eigenvalue weighted by Gasteiger charge is -2.36. The Labute approximate surface area is 213 Å². The van der Waals surface area contributed by atoms with Crippen molar-refractivity contribution in [1.82, 2.24) is 5.32 Å². The zero-order valence-electron chi connectivity index (χ0n) is 21.6. The van der Waals surface area contributed by atoms with Gasteiger partial charge in [0.1, 0.15) is 5.25 Å². The molecule has 0 unspecified atom stereocenters. The van der Waals surface area contributed by atoms with Crippen LogP contribution in [-0.4, -0.2) is 60.5 Å². The summed E-state index contributed by atoms with van der Waals surface area (Å²) in [6.45, 7) is 8.61. The summed E-state index contributed by atoms with van der Waals surface area (Å²) in [6.07, 6.45) is 1.94. The van der Waals surface area contributed by atoms with Crippen LogP contribution < -0.4 is 16.0 Å². The molecule has 1 aliphatic rings. The summed E-state index contributed by atoms with van der Waals surface area (Å²) < 4.78 is 4.92. The average molecular weight is 508 g/mol. The van der Waals surface area contributed by atoms with Crippen molar-refractivity contribution >= 4 is 35.2 Å². The van der Waals surface area contributed by atoms with E-state index in [2.05, 4.69) is 12.2 Å². The van der Waals surface area contributed by atoms with Crippen LogP contribution in [0, 0.1) is 11.3 Å². The first kappa shape index (κ1) is 29.1. The maximum Gasteiger partial charge on any atom is 0.321 e. The molecule has 1 aromatic rings. The van der Waals surface area contributed by atoms with Crippen LogP contribution in [-0.2, 0) is 19.1 Å². The molecule has 0 spiro atoms. The second-order valence-electron chi connectivity index (χ2n) is 10.2. The monoisotopic (exact) mass is 507 g/mol. The van der Waals surface area contributed by atoms with E-state index in [4.69, 9.17) is 10.5 Å². The molecule has 4 atom stereocenters. The Balaban J connectivity index is 1.99. The van der Waals surface area contributed by atoms with Crippen molar-refractivity contribution in [2.75, 3.05) is 25.1 Å². The smallest absolute Gasteiger partial charge is 0.321 e. The number of thioether (sulfide) groups is 1. The van der Waals surface area contributed by atoms with Gasteiger partial charge in [-0.2, -0.15) is 0 Å². The SMILES string of the molecule is CCCCNC(=O)[C@H](C)C[C@H](O)[C@@H](N)CC(C)(C)CC(=O)N1C[C@H](C(=O)OC)Sc2ccccc21. The first-order valence-corrected chi connectivity index (χ1v) is 13.2. The van der Waals surface area contributed by atoms with Gasteiger partial charge >= 0.3 is 5.97 Å². The fraction of sp³-hybridized carbons (Fsp3) is 0.654. The molecule has 1 aliphatic heterocycles. The third-order valence-corrected chi connectivity index (χ3v) is 7.55. The van der Waals surface area contributed by atoms with E-state index in [1.165, 1.54) is 18.9 Å². The predicted molar refractivity (Wildman–Crippen MR) is 139 cm³/mol. The first-order chi connectivity index (χ1) is 16.5. The van der Waals surface area contributed by atoms with E-state index in [1.54, 1.807) is 11.8 Å². The van der Waals surface area contributed by atoms with Crippen LogP contribution in [0.3, 0.4) is 0 Å². The van der Waals surface area contributed by atoms with Gasteiger partial charge in [0.05, 0.1) is 18.9 Å². The number of ether oxygens (including phenoxy) is 1. The zero-order valence-corrected chi connectivity index (χ0v) is 22.4. The van der Waals surface area contributed by atoms with Gasteiger partial charge in [-0.05, 0) is 36.8 Å². The van der Waals surface area contributed by atoms with Gasteiger partial charge < -0.3 is 25.8 Å². The number of aliphatic hydroxyl groups excluding tert-OH is 1. The van der Waals surface area contributed by atoms with Crippen molar-refractivity contribution in [3.8, 4) is 0 Å². The Bertz CT molecular complexity index is 878. The lowest BCUT2D eigenvalue weighted by Crippen LogP contribution is -2.45. The van der Waals surface area contributed by atoms with E-state index in [1.807, 2.05) is 38.1 Å². The quantitative estimate of drug-likeness (QED) is 0.293. The highest BCUT2D eigenvalue weighted by atomic mass is 32.2. The molecule has 8 nitrogen and oxygen atoms in total. The first-order valence-electron chi connectivity index (χ1n) is 12.3. The fourth-order valence-corrected chi connectivity index (χ4v) is 5.46. The molecule has 0 fully saturated rings. The fourth-order valence-electron chi connectivity index (χ4n) is 4.28. The molecular weight excluding hydrogens is 466 g/mol. The van der Waals surface area contributed by atoms with Crippen molar-refractivity contribution in [2.45, 2.75) is 82.1 Å². The van der Waals surface area contributed by atoms with Crippen molar-refractivity contribution in [3.05, 3.63) is 24.3 Å². The lowest BCUT2D eigenvalue weighted by molar-refractivity contribution is -0.139. The number of esters is 1. The number of nitrogens with one attached hydrogen (secondary N) is 1. The summed E-state index contributed by atoms with van der Waals surface area (Å²) >= 11 is 1.40. The molecule has 4 N–H and O–H groups in total. The third-order valence-electron chi connectivity index (χ3n) is 6.32. The molecule has 0 saturated carbocycles. The topological polar surface area (TPSA) is 122 Å². The van der Waals surface area contributed by atoms with Crippen molar-refractivity contribution in [1.29, 1.82) is 0 Å². The molecule has 35 heavy (non-hydrogen) atoms. The van der Waals surface area contributed by atoms with Gasteiger partial charge in [-0.25, -0.2) is 0 Å². The van der Waals surface area contributed by atoms with Crippen molar-refractivity contribution in [3.63, 3.8) is 0 Å². The number of hydrogen-bond acceptors (Lipinski definition) is 7. The summed E-state index contributed by atoms with van der Waals surface area (Å²) in [7, 11) is 1.35. The highest BCUT2D eigenvalue weighted by molar-refractivity contribution is 8.00. The summed E-state index contributed by atoms with van der Waals surface area (Å²) in [5, 5.41) is 13.1. The standard InChI is InChI=1S/C26H41N3O5S/c1-6-7-12-28-24(32)17(2)13-20(30)18(27)14-26(3,4)15-23(31)29-16-22(25(33)34-5)35-21-11-9-8-10-19(21)29/h8-11,17-18,20,22,30H,6-7,12-16,27H2,1-5H3,(H,28,32)/t17-,18+,20+,22-/m1/s1. The van der Waals surface area contributed by atoms with E-state index in [-0.39, 0.29) is 43.1 Å². The highest BCUT2D eigenvalue weighted by Gasteiger charge is 2.36. The largest absolute Gasteiger partial charge is 0.468 e. The number of nitrogens with zero attached hydrogens (tertiary/aromatic N) is 1. The van der Waals surface area contributed by atoms with E-state index in [0.29, 0.717) is 13.0 Å². The summed E-state index contributed by atoms with van der Waals surface area (Å²) in [6, 6.07) is 6.95. The normalized spacial score (nSPS) is 18.3. The molecule has 196 valence electrons. The molecule has 1 heterocycles. The van der Waals surface area contributed by atoms with E-state index >= 15 is 0 Å². The van der Waals surface area contributed by atoms with Crippen LogP contribution in [0.4, 0.5) is 5.69 Å². The lowest BCUT2D eigenvalue weighted by atomic mass is 9.80. The van der Waals surface area contributed by atoms with Crippen molar-refractivity contribution in [2.24, 2.45) is 17.1 Å². The number of fused-ring (bicyclic) bond motifs is 1. The number of rotatable bonds is 12. The Morgan fingerprint density at radius 3 is 2.66 bits per heavy atom. The zero-order chi connectivity index (χ0) is 26.2. The number of nitrogens with two attached hydrogens (primary N) is 1.